The Kier molecular flexibility index (Phi) is 5.98. The lowest BCUT2D eigenvalue weighted by molar-refractivity contribution is -0.715. The zero-order valence-electron chi connectivity index (χ0n) is 9.83. The van der Waals surface area contributed by atoms with E-state index < -0.39 is 15.9 Å². The molecule has 0 aliphatic carbocycles. The van der Waals surface area contributed by atoms with Crippen molar-refractivity contribution in [3.8, 4) is 0 Å². The Hall–Kier alpha value is -1.14. The lowest BCUT2D eigenvalue weighted by Gasteiger charge is -1.98. The van der Waals surface area contributed by atoms with Crippen LogP contribution in [-0.2, 0) is 17.2 Å². The molecule has 16 heavy (non-hydrogen) atoms. The van der Waals surface area contributed by atoms with E-state index in [0.29, 0.717) is 6.04 Å². The van der Waals surface area contributed by atoms with E-state index in [1.54, 1.807) is 0 Å². The standard InChI is InChI=1S/C7H13N2.C3H6O3S/c1-7(2)9-5-4-8(3)6-9;1-2-3-7(4,5)6/h4-7H,1-3H3;2H,1,3H2,(H,4,5,6)/q+1;/p-1. The topological polar surface area (TPSA) is 66.0 Å². The zero-order chi connectivity index (χ0) is 12.8. The lowest BCUT2D eigenvalue weighted by atomic mass is 10.4. The second-order valence-electron chi connectivity index (χ2n) is 3.63. The number of aryl methyl sites for hydroxylation is 1. The molecule has 0 unspecified atom stereocenters. The molecule has 0 fully saturated rings. The lowest BCUT2D eigenvalue weighted by Crippen LogP contribution is -2.33. The molecule has 0 aromatic carbocycles. The quantitative estimate of drug-likeness (QED) is 0.446. The molecule has 0 aliphatic heterocycles. The predicted octanol–water partition coefficient (Wildman–Crippen LogP) is 0.611. The van der Waals surface area contributed by atoms with E-state index in [1.165, 1.54) is 0 Å². The summed E-state index contributed by atoms with van der Waals surface area (Å²) in [6.45, 7) is 7.40. The van der Waals surface area contributed by atoms with E-state index in [2.05, 4.69) is 37.5 Å². The highest BCUT2D eigenvalue weighted by atomic mass is 32.2. The predicted molar refractivity (Wildman–Crippen MR) is 60.8 cm³/mol. The van der Waals surface area contributed by atoms with Crippen molar-refractivity contribution in [1.29, 1.82) is 0 Å². The highest BCUT2D eigenvalue weighted by Crippen LogP contribution is 1.89. The molecule has 0 N–H and O–H groups in total. The van der Waals surface area contributed by atoms with Gasteiger partial charge in [-0.05, 0) is 13.8 Å². The van der Waals surface area contributed by atoms with Gasteiger partial charge in [-0.15, -0.1) is 6.58 Å². The highest BCUT2D eigenvalue weighted by Gasteiger charge is 2.01. The van der Waals surface area contributed by atoms with Crippen molar-refractivity contribution >= 4 is 10.1 Å². The summed E-state index contributed by atoms with van der Waals surface area (Å²) in [6.07, 6.45) is 7.25. The van der Waals surface area contributed by atoms with Crippen molar-refractivity contribution < 1.29 is 17.5 Å². The van der Waals surface area contributed by atoms with Crippen LogP contribution in [0.5, 0.6) is 0 Å². The molecule has 0 amide bonds. The Bertz CT molecular complexity index is 421. The summed E-state index contributed by atoms with van der Waals surface area (Å²) in [6, 6.07) is 0.575. The van der Waals surface area contributed by atoms with Gasteiger partial charge in [0.15, 0.2) is 0 Å². The fourth-order valence-electron chi connectivity index (χ4n) is 0.919. The van der Waals surface area contributed by atoms with Crippen molar-refractivity contribution in [1.82, 2.24) is 4.57 Å². The first-order valence-electron chi connectivity index (χ1n) is 4.83. The molecule has 1 aromatic rings. The smallest absolute Gasteiger partial charge is 0.243 e. The summed E-state index contributed by atoms with van der Waals surface area (Å²) in [5.74, 6) is -0.479. The Labute approximate surface area is 96.8 Å². The van der Waals surface area contributed by atoms with Crippen molar-refractivity contribution in [3.63, 3.8) is 0 Å². The Balaban J connectivity index is 0.000000293. The number of hydrogen-bond acceptors (Lipinski definition) is 3. The molecule has 1 rings (SSSR count). The molecule has 0 atom stereocenters. The Morgan fingerprint density at radius 3 is 2.25 bits per heavy atom. The fraction of sp³-hybridized carbons (Fsp3) is 0.500. The SMILES string of the molecule is C=CCS(=O)(=O)[O-].CC(C)[n+]1ccn(C)c1. The minimum atomic E-state index is -4.04. The van der Waals surface area contributed by atoms with Crippen LogP contribution in [0.25, 0.3) is 0 Å². The molecular formula is C10H18N2O3S. The molecule has 0 radical (unpaired) electrons. The molecule has 0 saturated heterocycles. The van der Waals surface area contributed by atoms with Gasteiger partial charge in [0.1, 0.15) is 12.4 Å². The van der Waals surface area contributed by atoms with Crippen LogP contribution in [0.3, 0.4) is 0 Å². The summed E-state index contributed by atoms with van der Waals surface area (Å²) >= 11 is 0. The van der Waals surface area contributed by atoms with E-state index >= 15 is 0 Å². The summed E-state index contributed by atoms with van der Waals surface area (Å²) in [5, 5.41) is 0. The minimum Gasteiger partial charge on any atom is -0.748 e. The molecule has 6 heteroatoms. The van der Waals surface area contributed by atoms with Crippen LogP contribution in [0.4, 0.5) is 0 Å². The van der Waals surface area contributed by atoms with Crippen LogP contribution in [0, 0.1) is 0 Å². The van der Waals surface area contributed by atoms with Gasteiger partial charge in [-0.2, -0.15) is 0 Å². The summed E-state index contributed by atoms with van der Waals surface area (Å²) < 4.78 is 33.0. The van der Waals surface area contributed by atoms with Gasteiger partial charge in [-0.25, -0.2) is 17.6 Å². The van der Waals surface area contributed by atoms with Crippen LogP contribution >= 0.6 is 0 Å². The molecule has 0 spiro atoms. The van der Waals surface area contributed by atoms with Crippen LogP contribution < -0.4 is 4.57 Å². The Morgan fingerprint density at radius 1 is 1.56 bits per heavy atom. The zero-order valence-corrected chi connectivity index (χ0v) is 10.6. The van der Waals surface area contributed by atoms with Crippen molar-refractivity contribution in [2.75, 3.05) is 5.75 Å². The third-order valence-electron chi connectivity index (χ3n) is 1.71. The first-order valence-corrected chi connectivity index (χ1v) is 6.41. The molecule has 0 bridgehead atoms. The second-order valence-corrected chi connectivity index (χ2v) is 5.08. The third-order valence-corrected chi connectivity index (χ3v) is 2.35. The van der Waals surface area contributed by atoms with Gasteiger partial charge in [-0.1, -0.05) is 6.08 Å². The van der Waals surface area contributed by atoms with Gasteiger partial charge in [-0.3, -0.25) is 0 Å². The molecule has 5 nitrogen and oxygen atoms in total. The minimum absolute atomic E-state index is 0.479. The summed E-state index contributed by atoms with van der Waals surface area (Å²) in [7, 11) is -2.02. The normalized spacial score (nSPS) is 10.8. The maximum absolute atomic E-state index is 9.60. The molecule has 0 saturated carbocycles. The fourth-order valence-corrected chi connectivity index (χ4v) is 1.21. The number of hydrogen-bond donors (Lipinski definition) is 0. The molecule has 92 valence electrons. The van der Waals surface area contributed by atoms with Crippen molar-refractivity contribution in [3.05, 3.63) is 31.4 Å². The molecule has 1 aromatic heterocycles. The van der Waals surface area contributed by atoms with E-state index in [9.17, 15) is 13.0 Å². The summed E-state index contributed by atoms with van der Waals surface area (Å²) in [5.41, 5.74) is 0. The van der Waals surface area contributed by atoms with Gasteiger partial charge >= 0.3 is 0 Å². The van der Waals surface area contributed by atoms with Gasteiger partial charge in [0.2, 0.25) is 6.33 Å². The number of aromatic nitrogens is 2. The molecule has 0 aliphatic rings. The average Bonchev–Trinajstić information content (AvgIpc) is 2.50. The maximum atomic E-state index is 9.60. The molecule has 1 heterocycles. The van der Waals surface area contributed by atoms with Crippen LogP contribution in [0.1, 0.15) is 19.9 Å². The number of imidazole rings is 1. The van der Waals surface area contributed by atoms with Gasteiger partial charge in [0.05, 0.1) is 29.0 Å². The van der Waals surface area contributed by atoms with Crippen molar-refractivity contribution in [2.24, 2.45) is 7.05 Å². The second kappa shape index (κ2) is 6.44. The number of rotatable bonds is 3. The highest BCUT2D eigenvalue weighted by molar-refractivity contribution is 7.85. The first kappa shape index (κ1) is 14.9. The van der Waals surface area contributed by atoms with Crippen LogP contribution in [-0.4, -0.2) is 23.3 Å². The summed E-state index contributed by atoms with van der Waals surface area (Å²) in [4.78, 5) is 0. The Morgan fingerprint density at radius 2 is 2.12 bits per heavy atom. The van der Waals surface area contributed by atoms with Gasteiger partial charge in [0, 0.05) is 0 Å². The van der Waals surface area contributed by atoms with Crippen LogP contribution in [0.15, 0.2) is 31.4 Å². The monoisotopic (exact) mass is 246 g/mol. The van der Waals surface area contributed by atoms with Crippen molar-refractivity contribution in [2.45, 2.75) is 19.9 Å². The average molecular weight is 246 g/mol. The van der Waals surface area contributed by atoms with Crippen LogP contribution in [0.2, 0.25) is 0 Å². The molecular weight excluding hydrogens is 228 g/mol. The van der Waals surface area contributed by atoms with E-state index in [0.717, 1.165) is 6.08 Å². The van der Waals surface area contributed by atoms with Gasteiger partial charge in [0.25, 0.3) is 0 Å². The van der Waals surface area contributed by atoms with Gasteiger partial charge < -0.3 is 4.55 Å². The van der Waals surface area contributed by atoms with E-state index in [4.69, 9.17) is 0 Å². The maximum Gasteiger partial charge on any atom is 0.243 e. The van der Waals surface area contributed by atoms with E-state index in [-0.39, 0.29) is 0 Å². The third kappa shape index (κ3) is 7.19. The first-order chi connectivity index (χ1) is 7.26. The van der Waals surface area contributed by atoms with E-state index in [1.807, 2.05) is 17.8 Å². The largest absolute Gasteiger partial charge is 0.748 e. The number of nitrogens with zero attached hydrogens (tertiary/aromatic N) is 2.